The maximum absolute atomic E-state index is 11.5. The van der Waals surface area contributed by atoms with Crippen molar-refractivity contribution in [2.45, 2.75) is 13.0 Å². The Morgan fingerprint density at radius 1 is 1.31 bits per heavy atom. The first-order valence-electron chi connectivity index (χ1n) is 4.61. The van der Waals surface area contributed by atoms with Crippen LogP contribution in [-0.4, -0.2) is 18.0 Å². The number of halogens is 1. The molecule has 0 bridgehead atoms. The summed E-state index contributed by atoms with van der Waals surface area (Å²) < 4.78 is 0.925. The van der Waals surface area contributed by atoms with Crippen molar-refractivity contribution in [2.24, 2.45) is 5.73 Å². The molecule has 5 nitrogen and oxygen atoms in total. The molecular formula is C10H12BrN3O2. The average molecular weight is 286 g/mol. The summed E-state index contributed by atoms with van der Waals surface area (Å²) >= 11 is 3.29. The van der Waals surface area contributed by atoms with Crippen molar-refractivity contribution >= 4 is 33.6 Å². The number of carbonyl (C=O) groups excluding carboxylic acids is 2. The molecule has 1 aromatic rings. The molecule has 1 atom stereocenters. The van der Waals surface area contributed by atoms with Crippen LogP contribution in [0, 0.1) is 0 Å². The van der Waals surface area contributed by atoms with Crippen LogP contribution >= 0.6 is 15.9 Å². The number of anilines is 1. The topological polar surface area (TPSA) is 84.2 Å². The third kappa shape index (κ3) is 3.90. The molecule has 0 aliphatic rings. The fourth-order valence-corrected chi connectivity index (χ4v) is 1.33. The second-order valence-corrected chi connectivity index (χ2v) is 4.14. The van der Waals surface area contributed by atoms with Gasteiger partial charge < -0.3 is 16.4 Å². The van der Waals surface area contributed by atoms with E-state index in [9.17, 15) is 9.59 Å². The number of hydrogen-bond acceptors (Lipinski definition) is 2. The van der Waals surface area contributed by atoms with Crippen LogP contribution in [0.5, 0.6) is 0 Å². The number of primary amides is 1. The SMILES string of the molecule is C[C@@H](NC(N)=O)C(=O)Nc1ccc(Br)cc1. The summed E-state index contributed by atoms with van der Waals surface area (Å²) in [6.45, 7) is 1.55. The maximum atomic E-state index is 11.5. The van der Waals surface area contributed by atoms with Crippen LogP contribution in [0.2, 0.25) is 0 Å². The predicted octanol–water partition coefficient (Wildman–Crippen LogP) is 1.44. The summed E-state index contributed by atoms with van der Waals surface area (Å²) in [6, 6.07) is 5.72. The molecule has 0 unspecified atom stereocenters. The summed E-state index contributed by atoms with van der Waals surface area (Å²) in [5.74, 6) is -0.318. The van der Waals surface area contributed by atoms with Gasteiger partial charge in [-0.2, -0.15) is 0 Å². The summed E-state index contributed by atoms with van der Waals surface area (Å²) in [4.78, 5) is 22.1. The van der Waals surface area contributed by atoms with Gasteiger partial charge in [0.25, 0.3) is 0 Å². The molecule has 0 aliphatic carbocycles. The van der Waals surface area contributed by atoms with Crippen molar-refractivity contribution in [3.05, 3.63) is 28.7 Å². The summed E-state index contributed by atoms with van der Waals surface area (Å²) in [5, 5.41) is 4.94. The van der Waals surface area contributed by atoms with Crippen LogP contribution in [0.4, 0.5) is 10.5 Å². The molecular weight excluding hydrogens is 274 g/mol. The first-order chi connectivity index (χ1) is 7.49. The number of urea groups is 1. The van der Waals surface area contributed by atoms with Crippen molar-refractivity contribution in [1.82, 2.24) is 5.32 Å². The van der Waals surface area contributed by atoms with E-state index in [1.165, 1.54) is 0 Å². The Kier molecular flexibility index (Phi) is 4.30. The molecule has 0 heterocycles. The average Bonchev–Trinajstić information content (AvgIpc) is 2.20. The number of amides is 3. The zero-order chi connectivity index (χ0) is 12.1. The minimum absolute atomic E-state index is 0.318. The van der Waals surface area contributed by atoms with E-state index < -0.39 is 12.1 Å². The standard InChI is InChI=1S/C10H12BrN3O2/c1-6(13-10(12)16)9(15)14-8-4-2-7(11)3-5-8/h2-6H,1H3,(H,14,15)(H3,12,13,16)/t6-/m1/s1. The molecule has 6 heteroatoms. The van der Waals surface area contributed by atoms with Crippen molar-refractivity contribution in [1.29, 1.82) is 0 Å². The quantitative estimate of drug-likeness (QED) is 0.785. The van der Waals surface area contributed by atoms with Gasteiger partial charge >= 0.3 is 6.03 Å². The van der Waals surface area contributed by atoms with E-state index in [1.807, 2.05) is 12.1 Å². The van der Waals surface area contributed by atoms with E-state index in [1.54, 1.807) is 19.1 Å². The van der Waals surface area contributed by atoms with Crippen molar-refractivity contribution in [3.8, 4) is 0 Å². The molecule has 1 aromatic carbocycles. The fourth-order valence-electron chi connectivity index (χ4n) is 1.06. The third-order valence-electron chi connectivity index (χ3n) is 1.86. The molecule has 0 saturated heterocycles. The Labute approximate surface area is 102 Å². The third-order valence-corrected chi connectivity index (χ3v) is 2.39. The zero-order valence-electron chi connectivity index (χ0n) is 8.66. The number of nitrogens with one attached hydrogen (secondary N) is 2. The van der Waals surface area contributed by atoms with Gasteiger partial charge in [0.1, 0.15) is 6.04 Å². The fraction of sp³-hybridized carbons (Fsp3) is 0.200. The minimum Gasteiger partial charge on any atom is -0.352 e. The molecule has 0 spiro atoms. The van der Waals surface area contributed by atoms with Crippen molar-refractivity contribution in [3.63, 3.8) is 0 Å². The highest BCUT2D eigenvalue weighted by molar-refractivity contribution is 9.10. The lowest BCUT2D eigenvalue weighted by Crippen LogP contribution is -2.44. The Balaban J connectivity index is 2.57. The normalized spacial score (nSPS) is 11.6. The largest absolute Gasteiger partial charge is 0.352 e. The van der Waals surface area contributed by atoms with Crippen LogP contribution in [0.3, 0.4) is 0 Å². The first kappa shape index (κ1) is 12.5. The Morgan fingerprint density at radius 2 is 1.88 bits per heavy atom. The molecule has 0 aliphatic heterocycles. The summed E-state index contributed by atoms with van der Waals surface area (Å²) in [6.07, 6.45) is 0. The van der Waals surface area contributed by atoms with Crippen LogP contribution in [0.1, 0.15) is 6.92 Å². The molecule has 3 amide bonds. The molecule has 86 valence electrons. The Hall–Kier alpha value is -1.56. The predicted molar refractivity (Wildman–Crippen MR) is 65.0 cm³/mol. The Morgan fingerprint density at radius 3 is 2.38 bits per heavy atom. The molecule has 0 fully saturated rings. The lowest BCUT2D eigenvalue weighted by Gasteiger charge is -2.12. The van der Waals surface area contributed by atoms with E-state index in [-0.39, 0.29) is 5.91 Å². The molecule has 0 radical (unpaired) electrons. The second kappa shape index (κ2) is 5.50. The number of hydrogen-bond donors (Lipinski definition) is 3. The van der Waals surface area contributed by atoms with Gasteiger partial charge in [-0.05, 0) is 31.2 Å². The highest BCUT2D eigenvalue weighted by Crippen LogP contribution is 2.14. The molecule has 16 heavy (non-hydrogen) atoms. The lowest BCUT2D eigenvalue weighted by atomic mass is 10.3. The van der Waals surface area contributed by atoms with Gasteiger partial charge in [-0.1, -0.05) is 15.9 Å². The van der Waals surface area contributed by atoms with Gasteiger partial charge in [-0.25, -0.2) is 4.79 Å². The zero-order valence-corrected chi connectivity index (χ0v) is 10.2. The van der Waals surface area contributed by atoms with Crippen molar-refractivity contribution < 1.29 is 9.59 Å². The van der Waals surface area contributed by atoms with E-state index in [4.69, 9.17) is 5.73 Å². The van der Waals surface area contributed by atoms with Gasteiger partial charge in [0, 0.05) is 10.2 Å². The summed E-state index contributed by atoms with van der Waals surface area (Å²) in [7, 11) is 0. The maximum Gasteiger partial charge on any atom is 0.312 e. The van der Waals surface area contributed by atoms with Gasteiger partial charge in [-0.15, -0.1) is 0 Å². The van der Waals surface area contributed by atoms with Gasteiger partial charge in [0.15, 0.2) is 0 Å². The number of rotatable bonds is 3. The van der Waals surface area contributed by atoms with E-state index >= 15 is 0 Å². The smallest absolute Gasteiger partial charge is 0.312 e. The minimum atomic E-state index is -0.724. The number of carbonyl (C=O) groups is 2. The van der Waals surface area contributed by atoms with E-state index in [2.05, 4.69) is 26.6 Å². The highest BCUT2D eigenvalue weighted by atomic mass is 79.9. The highest BCUT2D eigenvalue weighted by Gasteiger charge is 2.13. The Bertz CT molecular complexity index is 392. The van der Waals surface area contributed by atoms with Gasteiger partial charge in [0.05, 0.1) is 0 Å². The first-order valence-corrected chi connectivity index (χ1v) is 5.40. The van der Waals surface area contributed by atoms with E-state index in [0.29, 0.717) is 5.69 Å². The lowest BCUT2D eigenvalue weighted by molar-refractivity contribution is -0.117. The number of benzene rings is 1. The van der Waals surface area contributed by atoms with Crippen LogP contribution in [0.15, 0.2) is 28.7 Å². The van der Waals surface area contributed by atoms with Crippen LogP contribution in [0.25, 0.3) is 0 Å². The van der Waals surface area contributed by atoms with Gasteiger partial charge in [-0.3, -0.25) is 4.79 Å². The van der Waals surface area contributed by atoms with Gasteiger partial charge in [0.2, 0.25) is 5.91 Å². The molecule has 0 saturated carbocycles. The number of nitrogens with two attached hydrogens (primary N) is 1. The molecule has 0 aromatic heterocycles. The molecule has 1 rings (SSSR count). The molecule has 4 N–H and O–H groups in total. The summed E-state index contributed by atoms with van der Waals surface area (Å²) in [5.41, 5.74) is 5.57. The van der Waals surface area contributed by atoms with Crippen molar-refractivity contribution in [2.75, 3.05) is 5.32 Å². The second-order valence-electron chi connectivity index (χ2n) is 3.23. The monoisotopic (exact) mass is 285 g/mol. The van der Waals surface area contributed by atoms with Crippen LogP contribution in [-0.2, 0) is 4.79 Å². The van der Waals surface area contributed by atoms with Crippen LogP contribution < -0.4 is 16.4 Å². The van der Waals surface area contributed by atoms with E-state index in [0.717, 1.165) is 4.47 Å².